The van der Waals surface area contributed by atoms with Crippen molar-refractivity contribution in [2.24, 2.45) is 16.5 Å². The summed E-state index contributed by atoms with van der Waals surface area (Å²) in [5.41, 5.74) is 10.9. The van der Waals surface area contributed by atoms with Gasteiger partial charge in [-0.2, -0.15) is 4.99 Å². The van der Waals surface area contributed by atoms with Gasteiger partial charge in [-0.05, 0) is 18.2 Å². The largest absolute Gasteiger partial charge is 0.370 e. The Morgan fingerprint density at radius 1 is 1.41 bits per heavy atom. The average molecular weight is 267 g/mol. The van der Waals surface area contributed by atoms with E-state index in [-0.39, 0.29) is 5.96 Å². The fourth-order valence-corrected chi connectivity index (χ4v) is 3.88. The van der Waals surface area contributed by atoms with Crippen molar-refractivity contribution in [2.45, 2.75) is 22.0 Å². The molecule has 1 aromatic carbocycles. The minimum absolute atomic E-state index is 0.205. The van der Waals surface area contributed by atoms with E-state index in [1.165, 1.54) is 4.90 Å². The summed E-state index contributed by atoms with van der Waals surface area (Å²) < 4.78 is 0. The number of fused-ring (bicyclic) bond motifs is 1. The third-order valence-corrected chi connectivity index (χ3v) is 5.06. The molecule has 0 saturated carbocycles. The molecule has 1 aliphatic heterocycles. The van der Waals surface area contributed by atoms with E-state index in [1.54, 1.807) is 17.8 Å². The van der Waals surface area contributed by atoms with Crippen LogP contribution < -0.4 is 11.5 Å². The van der Waals surface area contributed by atoms with Gasteiger partial charge < -0.3 is 11.5 Å². The molecule has 1 amide bonds. The van der Waals surface area contributed by atoms with Gasteiger partial charge in [0.05, 0.1) is 0 Å². The molecule has 2 rings (SSSR count). The van der Waals surface area contributed by atoms with Gasteiger partial charge in [0.2, 0.25) is 0 Å². The number of thioether (sulfide) groups is 2. The van der Waals surface area contributed by atoms with Crippen molar-refractivity contribution >= 4 is 35.4 Å². The Morgan fingerprint density at radius 3 is 2.88 bits per heavy atom. The fraction of sp³-hybridized carbons (Fsp3) is 0.273. The Kier molecular flexibility index (Phi) is 3.63. The number of guanidine groups is 1. The summed E-state index contributed by atoms with van der Waals surface area (Å²) in [6.45, 7) is 2.17. The lowest BCUT2D eigenvalue weighted by Crippen LogP contribution is -2.24. The van der Waals surface area contributed by atoms with Crippen LogP contribution in [0.1, 0.15) is 17.3 Å². The predicted molar refractivity (Wildman–Crippen MR) is 72.6 cm³/mol. The number of hydrogen-bond acceptors (Lipinski definition) is 3. The summed E-state index contributed by atoms with van der Waals surface area (Å²) in [7, 11) is 0. The maximum Gasteiger partial charge on any atom is 0.280 e. The van der Waals surface area contributed by atoms with Crippen molar-refractivity contribution in [1.82, 2.24) is 0 Å². The number of aliphatic imine (C=N–C) groups is 1. The van der Waals surface area contributed by atoms with Gasteiger partial charge in [-0.15, -0.1) is 23.5 Å². The van der Waals surface area contributed by atoms with E-state index >= 15 is 0 Å². The summed E-state index contributed by atoms with van der Waals surface area (Å²) in [4.78, 5) is 17.5. The molecule has 0 saturated heterocycles. The van der Waals surface area contributed by atoms with Crippen LogP contribution in [0, 0.1) is 0 Å². The maximum absolute atomic E-state index is 11.7. The number of carbonyl (C=O) groups excluding carboxylic acids is 1. The first-order valence-corrected chi connectivity index (χ1v) is 7.00. The van der Waals surface area contributed by atoms with Crippen molar-refractivity contribution in [3.63, 3.8) is 0 Å². The lowest BCUT2D eigenvalue weighted by molar-refractivity contribution is 0.100. The normalized spacial score (nSPS) is 18.3. The monoisotopic (exact) mass is 267 g/mol. The number of rotatable bonds is 1. The summed E-state index contributed by atoms with van der Waals surface area (Å²) in [6.07, 6.45) is 0. The second-order valence-corrected chi connectivity index (χ2v) is 6.28. The first kappa shape index (κ1) is 12.3. The average Bonchev–Trinajstić information content (AvgIpc) is 2.27. The van der Waals surface area contributed by atoms with Gasteiger partial charge in [-0.25, -0.2) is 0 Å². The molecule has 1 atom stereocenters. The Labute approximate surface area is 108 Å². The van der Waals surface area contributed by atoms with E-state index < -0.39 is 5.91 Å². The molecule has 1 heterocycles. The molecular weight excluding hydrogens is 254 g/mol. The molecule has 1 unspecified atom stereocenters. The zero-order valence-corrected chi connectivity index (χ0v) is 11.0. The van der Waals surface area contributed by atoms with E-state index in [0.29, 0.717) is 10.8 Å². The number of nitrogens with two attached hydrogens (primary N) is 2. The van der Waals surface area contributed by atoms with Crippen LogP contribution in [0.3, 0.4) is 0 Å². The lowest BCUT2D eigenvalue weighted by Gasteiger charge is -2.20. The summed E-state index contributed by atoms with van der Waals surface area (Å²) in [5.74, 6) is 0.499. The van der Waals surface area contributed by atoms with Crippen molar-refractivity contribution in [1.29, 1.82) is 0 Å². The van der Waals surface area contributed by atoms with E-state index in [1.807, 2.05) is 23.9 Å². The molecule has 0 spiro atoms. The third-order valence-electron chi connectivity index (χ3n) is 2.22. The summed E-state index contributed by atoms with van der Waals surface area (Å²) in [6, 6.07) is 5.57. The van der Waals surface area contributed by atoms with E-state index in [9.17, 15) is 4.79 Å². The van der Waals surface area contributed by atoms with Gasteiger partial charge in [-0.1, -0.05) is 6.92 Å². The van der Waals surface area contributed by atoms with Gasteiger partial charge in [0, 0.05) is 26.4 Å². The van der Waals surface area contributed by atoms with Crippen molar-refractivity contribution in [2.75, 3.05) is 5.75 Å². The fourth-order valence-electron chi connectivity index (χ4n) is 1.49. The molecule has 4 N–H and O–H groups in total. The van der Waals surface area contributed by atoms with Crippen LogP contribution >= 0.6 is 23.5 Å². The Morgan fingerprint density at radius 2 is 2.18 bits per heavy atom. The topological polar surface area (TPSA) is 81.5 Å². The SMILES string of the molecule is CC1CSc2ccc(C(=O)N=C(N)N)cc2S1. The van der Waals surface area contributed by atoms with Crippen LogP contribution in [0.15, 0.2) is 33.0 Å². The molecule has 1 aliphatic rings. The summed E-state index contributed by atoms with van der Waals surface area (Å²) >= 11 is 3.59. The van der Waals surface area contributed by atoms with Gasteiger partial charge >= 0.3 is 0 Å². The van der Waals surface area contributed by atoms with Gasteiger partial charge in [0.1, 0.15) is 0 Å². The van der Waals surface area contributed by atoms with Crippen LogP contribution in [-0.4, -0.2) is 22.9 Å². The number of nitrogens with zero attached hydrogens (tertiary/aromatic N) is 1. The maximum atomic E-state index is 11.7. The molecule has 0 fully saturated rings. The Hall–Kier alpha value is -1.14. The minimum Gasteiger partial charge on any atom is -0.370 e. The van der Waals surface area contributed by atoms with Crippen molar-refractivity contribution in [3.05, 3.63) is 23.8 Å². The van der Waals surface area contributed by atoms with E-state index in [2.05, 4.69) is 11.9 Å². The highest BCUT2D eigenvalue weighted by Crippen LogP contribution is 2.40. The van der Waals surface area contributed by atoms with Crippen LogP contribution in [0.5, 0.6) is 0 Å². The quantitative estimate of drug-likeness (QED) is 0.597. The minimum atomic E-state index is -0.392. The predicted octanol–water partition coefficient (Wildman–Crippen LogP) is 1.69. The molecule has 1 aromatic rings. The standard InChI is InChI=1S/C11H13N3OS2/c1-6-5-16-8-3-2-7(4-9(8)17-6)10(15)14-11(12)13/h2-4,6H,5H2,1H3,(H4,12,13,14,15). The molecule has 0 aliphatic carbocycles. The highest BCUT2D eigenvalue weighted by molar-refractivity contribution is 8.06. The molecule has 4 nitrogen and oxygen atoms in total. The number of amides is 1. The van der Waals surface area contributed by atoms with Crippen LogP contribution in [0.2, 0.25) is 0 Å². The third kappa shape index (κ3) is 2.95. The highest BCUT2D eigenvalue weighted by atomic mass is 32.2. The first-order valence-electron chi connectivity index (χ1n) is 5.13. The number of benzene rings is 1. The van der Waals surface area contributed by atoms with Crippen molar-refractivity contribution < 1.29 is 4.79 Å². The zero-order chi connectivity index (χ0) is 12.4. The molecule has 0 bridgehead atoms. The highest BCUT2D eigenvalue weighted by Gasteiger charge is 2.18. The molecular formula is C11H13N3OS2. The number of hydrogen-bond donors (Lipinski definition) is 2. The van der Waals surface area contributed by atoms with Gasteiger partial charge in [0.25, 0.3) is 5.91 Å². The van der Waals surface area contributed by atoms with Crippen molar-refractivity contribution in [3.8, 4) is 0 Å². The van der Waals surface area contributed by atoms with E-state index in [0.717, 1.165) is 10.6 Å². The molecule has 6 heteroatoms. The van der Waals surface area contributed by atoms with Crippen LogP contribution in [-0.2, 0) is 0 Å². The first-order chi connectivity index (χ1) is 8.06. The van der Waals surface area contributed by atoms with Crippen LogP contribution in [0.4, 0.5) is 0 Å². The summed E-state index contributed by atoms with van der Waals surface area (Å²) in [5, 5.41) is 0.556. The molecule has 90 valence electrons. The van der Waals surface area contributed by atoms with Gasteiger partial charge in [-0.3, -0.25) is 4.79 Å². The van der Waals surface area contributed by atoms with E-state index in [4.69, 9.17) is 11.5 Å². The number of carbonyl (C=O) groups is 1. The second-order valence-electron chi connectivity index (χ2n) is 3.74. The second kappa shape index (κ2) is 5.01. The Balaban J connectivity index is 2.30. The molecule has 17 heavy (non-hydrogen) atoms. The smallest absolute Gasteiger partial charge is 0.280 e. The van der Waals surface area contributed by atoms with Gasteiger partial charge in [0.15, 0.2) is 5.96 Å². The Bertz CT molecular complexity index is 484. The lowest BCUT2D eigenvalue weighted by atomic mass is 10.2. The molecule has 0 aromatic heterocycles. The zero-order valence-electron chi connectivity index (χ0n) is 9.34. The molecule has 0 radical (unpaired) electrons. The van der Waals surface area contributed by atoms with Crippen LogP contribution in [0.25, 0.3) is 0 Å².